The van der Waals surface area contributed by atoms with Gasteiger partial charge in [-0.1, -0.05) is 48.5 Å². The molecule has 0 radical (unpaired) electrons. The smallest absolute Gasteiger partial charge is 0.153 e. The van der Waals surface area contributed by atoms with Gasteiger partial charge in [0.05, 0.1) is 17.6 Å². The van der Waals surface area contributed by atoms with Crippen molar-refractivity contribution in [3.8, 4) is 11.5 Å². The van der Waals surface area contributed by atoms with E-state index in [1.165, 1.54) is 0 Å². The molecule has 0 spiro atoms. The number of benzene rings is 3. The third-order valence-electron chi connectivity index (χ3n) is 4.43. The Balaban J connectivity index is 1.57. The van der Waals surface area contributed by atoms with Gasteiger partial charge in [0.25, 0.3) is 0 Å². The second kappa shape index (κ2) is 7.96. The number of hydrogen-bond acceptors (Lipinski definition) is 3. The summed E-state index contributed by atoms with van der Waals surface area (Å²) in [6.07, 6.45) is -0.170. The molecule has 0 amide bonds. The van der Waals surface area contributed by atoms with Crippen LogP contribution in [0.15, 0.2) is 84.9 Å². The molecule has 1 heterocycles. The molecule has 0 aliphatic heterocycles. The Bertz CT molecular complexity index is 997. The van der Waals surface area contributed by atoms with Crippen LogP contribution in [0.4, 0.5) is 0 Å². The highest BCUT2D eigenvalue weighted by atomic mass is 16.5. The predicted molar refractivity (Wildman–Crippen MR) is 107 cm³/mol. The molecular formula is C23H22N2O2. The lowest BCUT2D eigenvalue weighted by molar-refractivity contribution is 0.207. The Morgan fingerprint density at radius 1 is 0.815 bits per heavy atom. The SMILES string of the molecule is C[C@H](Oc1ccccc1)c1nc2ccccc2n1CCOc1ccccc1. The maximum absolute atomic E-state index is 6.11. The zero-order valence-corrected chi connectivity index (χ0v) is 15.3. The van der Waals surface area contributed by atoms with Gasteiger partial charge in [-0.05, 0) is 43.3 Å². The van der Waals surface area contributed by atoms with Crippen molar-refractivity contribution < 1.29 is 9.47 Å². The molecule has 27 heavy (non-hydrogen) atoms. The summed E-state index contributed by atoms with van der Waals surface area (Å²) in [5.74, 6) is 2.61. The monoisotopic (exact) mass is 358 g/mol. The Morgan fingerprint density at radius 3 is 2.19 bits per heavy atom. The second-order valence-electron chi connectivity index (χ2n) is 6.35. The van der Waals surface area contributed by atoms with E-state index in [0.717, 1.165) is 28.4 Å². The summed E-state index contributed by atoms with van der Waals surface area (Å²) in [7, 11) is 0. The maximum Gasteiger partial charge on any atom is 0.153 e. The van der Waals surface area contributed by atoms with Gasteiger partial charge in [0.15, 0.2) is 11.9 Å². The van der Waals surface area contributed by atoms with E-state index in [1.54, 1.807) is 0 Å². The fourth-order valence-corrected chi connectivity index (χ4v) is 3.17. The first-order chi connectivity index (χ1) is 13.3. The van der Waals surface area contributed by atoms with Gasteiger partial charge >= 0.3 is 0 Å². The number of para-hydroxylation sites is 4. The van der Waals surface area contributed by atoms with Crippen LogP contribution in [0.1, 0.15) is 18.9 Å². The Kier molecular flexibility index (Phi) is 5.06. The van der Waals surface area contributed by atoms with Gasteiger partial charge in [-0.3, -0.25) is 0 Å². The first-order valence-electron chi connectivity index (χ1n) is 9.16. The van der Waals surface area contributed by atoms with Crippen LogP contribution in [0.25, 0.3) is 11.0 Å². The summed E-state index contributed by atoms with van der Waals surface area (Å²) >= 11 is 0. The van der Waals surface area contributed by atoms with Crippen LogP contribution < -0.4 is 9.47 Å². The number of aromatic nitrogens is 2. The largest absolute Gasteiger partial charge is 0.492 e. The molecule has 0 bridgehead atoms. The van der Waals surface area contributed by atoms with Gasteiger partial charge in [0.2, 0.25) is 0 Å². The molecule has 4 aromatic rings. The van der Waals surface area contributed by atoms with Gasteiger partial charge in [-0.25, -0.2) is 4.98 Å². The molecule has 1 atom stereocenters. The van der Waals surface area contributed by atoms with Gasteiger partial charge in [0.1, 0.15) is 18.1 Å². The standard InChI is InChI=1S/C23H22N2O2/c1-18(27-20-12-6-3-7-13-20)23-24-21-14-8-9-15-22(21)25(23)16-17-26-19-10-4-2-5-11-19/h2-15,18H,16-17H2,1H3/t18-/m0/s1. The van der Waals surface area contributed by atoms with Crippen molar-refractivity contribution in [2.24, 2.45) is 0 Å². The third kappa shape index (κ3) is 3.95. The van der Waals surface area contributed by atoms with Crippen LogP contribution in [0.2, 0.25) is 0 Å². The topological polar surface area (TPSA) is 36.3 Å². The van der Waals surface area contributed by atoms with Crippen molar-refractivity contribution in [2.75, 3.05) is 6.61 Å². The molecule has 4 rings (SSSR count). The van der Waals surface area contributed by atoms with Crippen LogP contribution in [-0.2, 0) is 6.54 Å². The minimum absolute atomic E-state index is 0.170. The summed E-state index contributed by atoms with van der Waals surface area (Å²) in [6, 6.07) is 27.9. The molecule has 0 saturated heterocycles. The third-order valence-corrected chi connectivity index (χ3v) is 4.43. The highest BCUT2D eigenvalue weighted by Crippen LogP contribution is 2.25. The van der Waals surface area contributed by atoms with Crippen LogP contribution in [-0.4, -0.2) is 16.2 Å². The number of rotatable bonds is 7. The van der Waals surface area contributed by atoms with Gasteiger partial charge in [-0.2, -0.15) is 0 Å². The maximum atomic E-state index is 6.11. The first-order valence-corrected chi connectivity index (χ1v) is 9.16. The quantitative estimate of drug-likeness (QED) is 0.452. The zero-order chi connectivity index (χ0) is 18.5. The summed E-state index contributed by atoms with van der Waals surface area (Å²) in [4.78, 5) is 4.82. The molecular weight excluding hydrogens is 336 g/mol. The molecule has 0 saturated carbocycles. The average Bonchev–Trinajstić information content (AvgIpc) is 3.09. The van der Waals surface area contributed by atoms with E-state index in [4.69, 9.17) is 14.5 Å². The van der Waals surface area contributed by atoms with Crippen molar-refractivity contribution in [3.05, 3.63) is 90.8 Å². The van der Waals surface area contributed by atoms with Crippen molar-refractivity contribution in [1.82, 2.24) is 9.55 Å². The second-order valence-corrected chi connectivity index (χ2v) is 6.35. The molecule has 0 aliphatic rings. The van der Waals surface area contributed by atoms with E-state index in [0.29, 0.717) is 13.2 Å². The van der Waals surface area contributed by atoms with Crippen molar-refractivity contribution in [1.29, 1.82) is 0 Å². The Morgan fingerprint density at radius 2 is 1.44 bits per heavy atom. The van der Waals surface area contributed by atoms with Crippen LogP contribution in [0.3, 0.4) is 0 Å². The average molecular weight is 358 g/mol. The van der Waals surface area contributed by atoms with Crippen molar-refractivity contribution in [3.63, 3.8) is 0 Å². The lowest BCUT2D eigenvalue weighted by Gasteiger charge is -2.17. The minimum Gasteiger partial charge on any atom is -0.492 e. The molecule has 0 aliphatic carbocycles. The summed E-state index contributed by atoms with van der Waals surface area (Å²) in [5, 5.41) is 0. The number of ether oxygens (including phenoxy) is 2. The van der Waals surface area contributed by atoms with Gasteiger partial charge in [0, 0.05) is 0 Å². The van der Waals surface area contributed by atoms with Gasteiger partial charge in [-0.15, -0.1) is 0 Å². The molecule has 0 unspecified atom stereocenters. The number of hydrogen-bond donors (Lipinski definition) is 0. The van der Waals surface area contributed by atoms with E-state index >= 15 is 0 Å². The number of nitrogens with zero attached hydrogens (tertiary/aromatic N) is 2. The molecule has 1 aromatic heterocycles. The normalized spacial score (nSPS) is 12.0. The van der Waals surface area contributed by atoms with Crippen LogP contribution in [0.5, 0.6) is 11.5 Å². The molecule has 4 nitrogen and oxygen atoms in total. The fourth-order valence-electron chi connectivity index (χ4n) is 3.17. The van der Waals surface area contributed by atoms with E-state index in [2.05, 4.69) is 10.6 Å². The highest BCUT2D eigenvalue weighted by molar-refractivity contribution is 5.76. The van der Waals surface area contributed by atoms with Gasteiger partial charge < -0.3 is 14.0 Å². The number of imidazole rings is 1. The fraction of sp³-hybridized carbons (Fsp3) is 0.174. The van der Waals surface area contributed by atoms with E-state index < -0.39 is 0 Å². The van der Waals surface area contributed by atoms with E-state index in [-0.39, 0.29) is 6.10 Å². The number of fused-ring (bicyclic) bond motifs is 1. The Hall–Kier alpha value is -3.27. The summed E-state index contributed by atoms with van der Waals surface area (Å²) < 4.78 is 14.2. The van der Waals surface area contributed by atoms with E-state index in [1.807, 2.05) is 85.8 Å². The molecule has 3 aromatic carbocycles. The predicted octanol–water partition coefficient (Wildman–Crippen LogP) is 5.26. The van der Waals surface area contributed by atoms with Crippen LogP contribution >= 0.6 is 0 Å². The Labute approximate surface area is 159 Å². The van der Waals surface area contributed by atoms with Crippen LogP contribution in [0, 0.1) is 0 Å². The molecule has 136 valence electrons. The zero-order valence-electron chi connectivity index (χ0n) is 15.3. The molecule has 0 N–H and O–H groups in total. The first kappa shape index (κ1) is 17.2. The summed E-state index contributed by atoms with van der Waals surface area (Å²) in [5.41, 5.74) is 2.06. The van der Waals surface area contributed by atoms with Crippen molar-refractivity contribution >= 4 is 11.0 Å². The minimum atomic E-state index is -0.170. The summed E-state index contributed by atoms with van der Waals surface area (Å²) in [6.45, 7) is 3.30. The van der Waals surface area contributed by atoms with Crippen molar-refractivity contribution in [2.45, 2.75) is 19.6 Å². The highest BCUT2D eigenvalue weighted by Gasteiger charge is 2.18. The lowest BCUT2D eigenvalue weighted by Crippen LogP contribution is -2.15. The lowest BCUT2D eigenvalue weighted by atomic mass is 10.3. The van der Waals surface area contributed by atoms with E-state index in [9.17, 15) is 0 Å². The molecule has 0 fully saturated rings. The molecule has 4 heteroatoms.